The molecule has 0 bridgehead atoms. The molecule has 0 spiro atoms. The summed E-state index contributed by atoms with van der Waals surface area (Å²) in [6.45, 7) is 0. The van der Waals surface area contributed by atoms with Gasteiger partial charge >= 0.3 is 0 Å². The summed E-state index contributed by atoms with van der Waals surface area (Å²) in [6, 6.07) is 161. The average molecular weight is 1810 g/mol. The van der Waals surface area contributed by atoms with E-state index in [1.165, 1.54) is 195 Å². The number of furan rings is 1. The van der Waals surface area contributed by atoms with Crippen molar-refractivity contribution in [3.8, 4) is 67.8 Å². The first-order valence-corrected chi connectivity index (χ1v) is 47.3. The molecule has 0 saturated carbocycles. The van der Waals surface area contributed by atoms with Gasteiger partial charge in [-0.1, -0.05) is 265 Å². The van der Waals surface area contributed by atoms with Crippen molar-refractivity contribution in [2.24, 2.45) is 0 Å². The van der Waals surface area contributed by atoms with Crippen molar-refractivity contribution < 1.29 is 4.42 Å². The Morgan fingerprint density at radius 3 is 0.942 bits per heavy atom. The Bertz CT molecular complexity index is 9720. The number of para-hydroxylation sites is 10. The van der Waals surface area contributed by atoms with Crippen LogP contribution in [-0.4, -0.2) is 42.4 Å². The molecular formula is C126H87N9OS2. The number of hydrogen-bond acceptors (Lipinski definition) is 6. The van der Waals surface area contributed by atoms with Crippen LogP contribution >= 0.6 is 22.7 Å². The SMILES string of the molecule is C.C.C.c1ccc(-n2c3ccccc3c3cc(-c4ccc5c(c4)c4ccccc4n5-c4ccc5oc6ccccc6c5n4)ccc32)cc1.c1ccc(-n2c3ccccc3c3cc(-c4ccc5c(c4)c4ccccc4n5-c4ccc5sc6ccccc6c5n4)ccc32)cc1.c1ccc(-n2c3ccccc3c3cc(-c4ccc5c(c4)c4ccccc4n5-c4cccc5c4sc4ncccc45)ccc32)cc1. The highest BCUT2D eigenvalue weighted by Gasteiger charge is 2.25. The van der Waals surface area contributed by atoms with Crippen LogP contribution in [0.4, 0.5) is 0 Å². The molecule has 0 N–H and O–H groups in total. The van der Waals surface area contributed by atoms with E-state index in [4.69, 9.17) is 14.4 Å². The second-order valence-electron chi connectivity index (χ2n) is 34.9. The summed E-state index contributed by atoms with van der Waals surface area (Å²) in [5, 5.41) is 19.6. The van der Waals surface area contributed by atoms with Crippen LogP contribution in [0.25, 0.3) is 261 Å². The van der Waals surface area contributed by atoms with Crippen LogP contribution in [-0.2, 0) is 0 Å². The summed E-state index contributed by atoms with van der Waals surface area (Å²) in [6.07, 6.45) is 1.89. The van der Waals surface area contributed by atoms with E-state index >= 15 is 0 Å². The molecule has 12 aromatic heterocycles. The molecule has 12 heterocycles. The first-order chi connectivity index (χ1) is 67.0. The van der Waals surface area contributed by atoms with Crippen LogP contribution in [0.2, 0.25) is 0 Å². The van der Waals surface area contributed by atoms with Crippen LogP contribution < -0.4 is 0 Å². The van der Waals surface area contributed by atoms with Gasteiger partial charge in [-0.3, -0.25) is 9.13 Å². The zero-order valence-electron chi connectivity index (χ0n) is 72.6. The summed E-state index contributed by atoms with van der Waals surface area (Å²) in [5.74, 6) is 1.82. The molecule has 0 saturated heterocycles. The minimum Gasteiger partial charge on any atom is -0.454 e. The van der Waals surface area contributed by atoms with Crippen LogP contribution in [0.15, 0.2) is 460 Å². The lowest BCUT2D eigenvalue weighted by molar-refractivity contribution is 0.668. The molecule has 18 aromatic carbocycles. The molecule has 0 amide bonds. The van der Waals surface area contributed by atoms with E-state index in [9.17, 15) is 0 Å². The fourth-order valence-corrected chi connectivity index (χ4v) is 23.6. The lowest BCUT2D eigenvalue weighted by Gasteiger charge is -2.10. The van der Waals surface area contributed by atoms with Crippen molar-refractivity contribution >= 4 is 216 Å². The quantitative estimate of drug-likeness (QED) is 0.144. The highest BCUT2D eigenvalue weighted by atomic mass is 32.1. The molecule has 138 heavy (non-hydrogen) atoms. The summed E-state index contributed by atoms with van der Waals surface area (Å²) in [7, 11) is 0. The van der Waals surface area contributed by atoms with Crippen molar-refractivity contribution in [3.63, 3.8) is 0 Å². The Hall–Kier alpha value is -17.6. The molecule has 0 unspecified atom stereocenters. The van der Waals surface area contributed by atoms with Crippen molar-refractivity contribution in [1.82, 2.24) is 42.4 Å². The highest BCUT2D eigenvalue weighted by molar-refractivity contribution is 7.26. The predicted molar refractivity (Wildman–Crippen MR) is 588 cm³/mol. The number of benzene rings is 18. The summed E-state index contributed by atoms with van der Waals surface area (Å²) in [5.41, 5.74) is 29.8. The molecule has 654 valence electrons. The zero-order valence-corrected chi connectivity index (χ0v) is 74.2. The normalized spacial score (nSPS) is 11.7. The summed E-state index contributed by atoms with van der Waals surface area (Å²) in [4.78, 5) is 16.1. The van der Waals surface area contributed by atoms with Crippen molar-refractivity contribution in [2.45, 2.75) is 22.3 Å². The summed E-state index contributed by atoms with van der Waals surface area (Å²) < 4.78 is 23.9. The molecule has 12 heteroatoms. The van der Waals surface area contributed by atoms with E-state index in [2.05, 4.69) is 451 Å². The van der Waals surface area contributed by atoms with E-state index in [1.807, 2.05) is 36.5 Å². The zero-order chi connectivity index (χ0) is 88.5. The number of fused-ring (bicyclic) bond motifs is 27. The number of aromatic nitrogens is 9. The van der Waals surface area contributed by atoms with Crippen LogP contribution in [0.1, 0.15) is 22.3 Å². The first-order valence-electron chi connectivity index (χ1n) is 45.7. The number of hydrogen-bond donors (Lipinski definition) is 0. The van der Waals surface area contributed by atoms with Crippen LogP contribution in [0, 0.1) is 0 Å². The lowest BCUT2D eigenvalue weighted by Crippen LogP contribution is -1.97. The van der Waals surface area contributed by atoms with Gasteiger partial charge in [-0.05, 0) is 240 Å². The van der Waals surface area contributed by atoms with Crippen molar-refractivity contribution in [3.05, 3.63) is 455 Å². The number of rotatable bonds is 9. The van der Waals surface area contributed by atoms with Crippen LogP contribution in [0.3, 0.4) is 0 Å². The minimum absolute atomic E-state index is 0. The Morgan fingerprint density at radius 1 is 0.196 bits per heavy atom. The molecule has 0 atom stereocenters. The van der Waals surface area contributed by atoms with Gasteiger partial charge in [0.2, 0.25) is 0 Å². The Balaban J connectivity index is 0.000000109. The average Bonchev–Trinajstić information content (AvgIpc) is 1.57. The molecule has 0 aliphatic carbocycles. The van der Waals surface area contributed by atoms with Crippen LogP contribution in [0.5, 0.6) is 0 Å². The molecule has 0 fully saturated rings. The molecule has 10 nitrogen and oxygen atoms in total. The van der Waals surface area contributed by atoms with Gasteiger partial charge in [-0.2, -0.15) is 0 Å². The predicted octanol–water partition coefficient (Wildman–Crippen LogP) is 35.4. The Labute approximate surface area is 802 Å². The fraction of sp³-hybridized carbons (Fsp3) is 0.0238. The third-order valence-electron chi connectivity index (χ3n) is 27.4. The lowest BCUT2D eigenvalue weighted by atomic mass is 10.0. The maximum absolute atomic E-state index is 6.08. The molecule has 0 aliphatic rings. The van der Waals surface area contributed by atoms with Gasteiger partial charge in [0.15, 0.2) is 5.58 Å². The highest BCUT2D eigenvalue weighted by Crippen LogP contribution is 2.47. The number of nitrogens with zero attached hydrogens (tertiary/aromatic N) is 9. The van der Waals surface area contributed by atoms with E-state index in [0.29, 0.717) is 0 Å². The largest absolute Gasteiger partial charge is 0.454 e. The number of pyridine rings is 3. The first kappa shape index (κ1) is 82.4. The second-order valence-corrected chi connectivity index (χ2v) is 36.9. The molecule has 30 rings (SSSR count). The van der Waals surface area contributed by atoms with E-state index < -0.39 is 0 Å². The van der Waals surface area contributed by atoms with Gasteiger partial charge in [0.05, 0.1) is 86.8 Å². The van der Waals surface area contributed by atoms with E-state index in [1.54, 1.807) is 22.7 Å². The molecule has 0 aliphatic heterocycles. The maximum Gasteiger partial charge on any atom is 0.154 e. The molecule has 0 radical (unpaired) electrons. The van der Waals surface area contributed by atoms with Crippen molar-refractivity contribution in [1.29, 1.82) is 0 Å². The smallest absolute Gasteiger partial charge is 0.154 e. The standard InChI is InChI=1S/C41H25N3O.2C41H25N3S.3CH4/c2*1-2-10-28(11-3-1)43-34-15-7-4-12-29(34)32-24-26(18-20-36(32)43)27-19-21-37-33(25-27)30-13-5-8-16-35(30)44(37)40-23-22-39-41(42-40)31-14-6-9-17-38(31)45-39;1-2-10-28(11-3-1)43-35-16-6-4-12-29(35)33-24-26(19-21-37(33)43)27-20-22-38-34(25-27)30-13-5-7-17-36(30)44(38)39-18-8-14-31-32-15-9-23-42-41(32)45-40(31)39;;;/h3*1-25H;3*1H4. The van der Waals surface area contributed by atoms with Gasteiger partial charge < -0.3 is 22.7 Å². The Morgan fingerprint density at radius 2 is 0.514 bits per heavy atom. The van der Waals surface area contributed by atoms with E-state index in [0.717, 1.165) is 66.1 Å². The van der Waals surface area contributed by atoms with Gasteiger partial charge in [-0.15, -0.1) is 22.7 Å². The van der Waals surface area contributed by atoms with E-state index in [-0.39, 0.29) is 22.3 Å². The van der Waals surface area contributed by atoms with Gasteiger partial charge in [0.1, 0.15) is 27.6 Å². The maximum atomic E-state index is 6.08. The number of thiophene rings is 2. The topological polar surface area (TPSA) is 81.4 Å². The van der Waals surface area contributed by atoms with Gasteiger partial charge in [-0.25, -0.2) is 15.0 Å². The fourth-order valence-electron chi connectivity index (χ4n) is 21.4. The third kappa shape index (κ3) is 12.9. The molecule has 30 aromatic rings. The monoisotopic (exact) mass is 1810 g/mol. The van der Waals surface area contributed by atoms with Gasteiger partial charge in [0, 0.05) is 114 Å². The second kappa shape index (κ2) is 33.0. The Kier molecular flexibility index (Phi) is 19.7. The summed E-state index contributed by atoms with van der Waals surface area (Å²) >= 11 is 3.57. The minimum atomic E-state index is 0. The van der Waals surface area contributed by atoms with Crippen molar-refractivity contribution in [2.75, 3.05) is 0 Å². The van der Waals surface area contributed by atoms with Gasteiger partial charge in [0.25, 0.3) is 0 Å². The third-order valence-corrected chi connectivity index (χ3v) is 29.7. The molecular weight excluding hydrogens is 1720 g/mol.